The van der Waals surface area contributed by atoms with Gasteiger partial charge < -0.3 is 0 Å². The average molecular weight is 383 g/mol. The summed E-state index contributed by atoms with van der Waals surface area (Å²) in [6, 6.07) is 16.7. The lowest BCUT2D eigenvalue weighted by molar-refractivity contribution is -0.120. The maximum absolute atomic E-state index is 12.1. The van der Waals surface area contributed by atoms with E-state index in [-0.39, 0.29) is 28.8 Å². The van der Waals surface area contributed by atoms with Crippen molar-refractivity contribution in [3.63, 3.8) is 0 Å². The van der Waals surface area contributed by atoms with E-state index in [4.69, 9.17) is 0 Å². The van der Waals surface area contributed by atoms with Crippen molar-refractivity contribution in [2.24, 2.45) is 0 Å². The Balaban J connectivity index is 2.23. The number of carbonyl (C=O) groups excluding carboxylic acids is 2. The van der Waals surface area contributed by atoms with Crippen molar-refractivity contribution >= 4 is 24.2 Å². The predicted octanol–water partition coefficient (Wildman–Crippen LogP) is 5.70. The highest BCUT2D eigenvalue weighted by Crippen LogP contribution is 2.33. The summed E-state index contributed by atoms with van der Waals surface area (Å²) in [5, 5.41) is 0. The molecule has 0 aliphatic heterocycles. The Morgan fingerprint density at radius 2 is 1.26 bits per heavy atom. The maximum Gasteiger partial charge on any atom is 0.140 e. The number of hydrogen-bond donors (Lipinski definition) is 1. The molecule has 0 saturated heterocycles. The molecule has 0 aliphatic rings. The van der Waals surface area contributed by atoms with Crippen LogP contribution in [0.4, 0.5) is 0 Å². The van der Waals surface area contributed by atoms with Crippen LogP contribution in [0.3, 0.4) is 0 Å². The minimum absolute atomic E-state index is 0.0716. The van der Waals surface area contributed by atoms with Gasteiger partial charge in [-0.05, 0) is 34.9 Å². The Labute approximate surface area is 168 Å². The Bertz CT molecular complexity index is 788. The second kappa shape index (κ2) is 8.88. The second-order valence-electron chi connectivity index (χ2n) is 7.86. The first-order valence-electron chi connectivity index (χ1n) is 9.53. The second-order valence-corrected chi connectivity index (χ2v) is 8.31. The van der Waals surface area contributed by atoms with Gasteiger partial charge in [0.1, 0.15) is 11.6 Å². The van der Waals surface area contributed by atoms with Gasteiger partial charge in [-0.15, -0.1) is 0 Å². The Morgan fingerprint density at radius 1 is 0.852 bits per heavy atom. The molecule has 27 heavy (non-hydrogen) atoms. The third kappa shape index (κ3) is 4.90. The molecule has 144 valence electrons. The fraction of sp³-hybridized carbons (Fsp3) is 0.417. The maximum atomic E-state index is 12.1. The number of ketones is 2. The van der Waals surface area contributed by atoms with E-state index in [1.807, 2.05) is 13.8 Å². The van der Waals surface area contributed by atoms with Crippen LogP contribution in [0.2, 0.25) is 0 Å². The molecule has 2 nitrogen and oxygen atoms in total. The van der Waals surface area contributed by atoms with E-state index in [1.54, 1.807) is 6.92 Å². The summed E-state index contributed by atoms with van der Waals surface area (Å²) in [7, 11) is 0. The predicted molar refractivity (Wildman–Crippen MR) is 116 cm³/mol. The first-order chi connectivity index (χ1) is 12.7. The number of benzene rings is 2. The molecule has 0 radical (unpaired) electrons. The van der Waals surface area contributed by atoms with Crippen LogP contribution in [0.15, 0.2) is 48.5 Å². The smallest absolute Gasteiger partial charge is 0.140 e. The van der Waals surface area contributed by atoms with Crippen LogP contribution in [0.5, 0.6) is 0 Å². The van der Waals surface area contributed by atoms with Gasteiger partial charge in [-0.3, -0.25) is 9.59 Å². The SMILES string of the molecule is CC(=O)C(C)c1ccc(C(C)(C)c2ccc(C(C)C(=O)CCS)cc2)cc1. The van der Waals surface area contributed by atoms with Crippen molar-refractivity contribution in [1.29, 1.82) is 0 Å². The summed E-state index contributed by atoms with van der Waals surface area (Å²) in [5.41, 5.74) is 4.34. The van der Waals surface area contributed by atoms with Crippen LogP contribution in [0.25, 0.3) is 0 Å². The third-order valence-corrected chi connectivity index (χ3v) is 5.94. The fourth-order valence-electron chi connectivity index (χ4n) is 3.29. The van der Waals surface area contributed by atoms with E-state index in [0.717, 1.165) is 11.1 Å². The van der Waals surface area contributed by atoms with Gasteiger partial charge in [0.15, 0.2) is 0 Å². The standard InChI is InChI=1S/C24H30O2S/c1-16(18(3)25)19-6-10-21(11-7-19)24(4,5)22-12-8-20(9-13-22)17(2)23(26)14-15-27/h6-13,16-17,27H,14-15H2,1-5H3. The van der Waals surface area contributed by atoms with Crippen LogP contribution in [0, 0.1) is 0 Å². The van der Waals surface area contributed by atoms with Gasteiger partial charge in [0.2, 0.25) is 0 Å². The number of rotatable bonds is 8. The Morgan fingerprint density at radius 3 is 1.63 bits per heavy atom. The molecule has 3 heteroatoms. The van der Waals surface area contributed by atoms with Crippen LogP contribution >= 0.6 is 12.6 Å². The topological polar surface area (TPSA) is 34.1 Å². The quantitative estimate of drug-likeness (QED) is 0.594. The fourth-order valence-corrected chi connectivity index (χ4v) is 3.51. The van der Waals surface area contributed by atoms with E-state index in [9.17, 15) is 9.59 Å². The lowest BCUT2D eigenvalue weighted by atomic mass is 9.77. The molecule has 0 spiro atoms. The van der Waals surface area contributed by atoms with Gasteiger partial charge in [-0.2, -0.15) is 12.6 Å². The lowest BCUT2D eigenvalue weighted by Crippen LogP contribution is -2.19. The zero-order chi connectivity index (χ0) is 20.2. The van der Waals surface area contributed by atoms with E-state index in [0.29, 0.717) is 12.2 Å². The third-order valence-electron chi connectivity index (χ3n) is 5.72. The minimum atomic E-state index is -0.158. The molecule has 0 saturated carbocycles. The van der Waals surface area contributed by atoms with Crippen LogP contribution in [-0.4, -0.2) is 17.3 Å². The molecule has 2 aromatic rings. The first kappa shape index (κ1) is 21.4. The molecular formula is C24H30O2S. The largest absolute Gasteiger partial charge is 0.299 e. The molecule has 0 heterocycles. The van der Waals surface area contributed by atoms with Gasteiger partial charge in [0, 0.05) is 23.7 Å². The van der Waals surface area contributed by atoms with Gasteiger partial charge in [0.25, 0.3) is 0 Å². The molecule has 2 rings (SSSR count). The molecule has 2 aromatic carbocycles. The van der Waals surface area contributed by atoms with Crippen molar-refractivity contribution in [2.45, 2.75) is 58.3 Å². The normalized spacial score (nSPS) is 13.9. The molecule has 0 aromatic heterocycles. The first-order valence-corrected chi connectivity index (χ1v) is 10.2. The van der Waals surface area contributed by atoms with E-state index in [2.05, 4.69) is 75.0 Å². The molecule has 0 fully saturated rings. The summed E-state index contributed by atoms with van der Waals surface area (Å²) in [4.78, 5) is 23.7. The molecule has 2 unspecified atom stereocenters. The summed E-state index contributed by atoms with van der Waals surface area (Å²) in [5.74, 6) is 0.831. The van der Waals surface area contributed by atoms with Crippen LogP contribution < -0.4 is 0 Å². The van der Waals surface area contributed by atoms with E-state index in [1.165, 1.54) is 11.1 Å². The molecule has 2 atom stereocenters. The number of thiol groups is 1. The van der Waals surface area contributed by atoms with Gasteiger partial charge >= 0.3 is 0 Å². The highest BCUT2D eigenvalue weighted by atomic mass is 32.1. The number of Topliss-reactive ketones (excluding diaryl/α,β-unsaturated/α-hetero) is 2. The van der Waals surface area contributed by atoms with Gasteiger partial charge in [-0.25, -0.2) is 0 Å². The summed E-state index contributed by atoms with van der Waals surface area (Å²) < 4.78 is 0. The Kier molecular flexibility index (Phi) is 7.05. The molecule has 0 N–H and O–H groups in total. The zero-order valence-corrected chi connectivity index (χ0v) is 17.8. The van der Waals surface area contributed by atoms with Gasteiger partial charge in [0.05, 0.1) is 0 Å². The van der Waals surface area contributed by atoms with Crippen molar-refractivity contribution in [1.82, 2.24) is 0 Å². The average Bonchev–Trinajstić information content (AvgIpc) is 2.67. The molecule has 0 bridgehead atoms. The van der Waals surface area contributed by atoms with Crippen molar-refractivity contribution in [3.05, 3.63) is 70.8 Å². The molecule has 0 aliphatic carbocycles. The lowest BCUT2D eigenvalue weighted by Gasteiger charge is -2.27. The zero-order valence-electron chi connectivity index (χ0n) is 17.0. The molecule has 0 amide bonds. The van der Waals surface area contributed by atoms with Crippen molar-refractivity contribution < 1.29 is 9.59 Å². The van der Waals surface area contributed by atoms with E-state index < -0.39 is 0 Å². The number of carbonyl (C=O) groups is 2. The van der Waals surface area contributed by atoms with Crippen LogP contribution in [0.1, 0.15) is 75.1 Å². The summed E-state index contributed by atoms with van der Waals surface area (Å²) >= 11 is 4.15. The van der Waals surface area contributed by atoms with Crippen molar-refractivity contribution in [3.8, 4) is 0 Å². The van der Waals surface area contributed by atoms with Crippen molar-refractivity contribution in [2.75, 3.05) is 5.75 Å². The highest BCUT2D eigenvalue weighted by molar-refractivity contribution is 7.80. The van der Waals surface area contributed by atoms with Crippen LogP contribution in [-0.2, 0) is 15.0 Å². The highest BCUT2D eigenvalue weighted by Gasteiger charge is 2.24. The summed E-state index contributed by atoms with van der Waals surface area (Å²) in [6.07, 6.45) is 0.503. The minimum Gasteiger partial charge on any atom is -0.299 e. The summed E-state index contributed by atoms with van der Waals surface area (Å²) in [6.45, 7) is 9.92. The van der Waals surface area contributed by atoms with E-state index >= 15 is 0 Å². The number of hydrogen-bond acceptors (Lipinski definition) is 3. The van der Waals surface area contributed by atoms with Gasteiger partial charge in [-0.1, -0.05) is 76.2 Å². The molecular weight excluding hydrogens is 352 g/mol. The monoisotopic (exact) mass is 382 g/mol. The Hall–Kier alpha value is -1.87.